The lowest BCUT2D eigenvalue weighted by molar-refractivity contribution is -0.124. The number of amides is 3. The van der Waals surface area contributed by atoms with Crippen molar-refractivity contribution in [3.8, 4) is 5.75 Å². The van der Waals surface area contributed by atoms with Gasteiger partial charge >= 0.3 is 6.09 Å². The lowest BCUT2D eigenvalue weighted by atomic mass is 10.0. The van der Waals surface area contributed by atoms with Gasteiger partial charge < -0.3 is 14.6 Å². The van der Waals surface area contributed by atoms with E-state index >= 15 is 0 Å². The van der Waals surface area contributed by atoms with E-state index in [2.05, 4.69) is 5.32 Å². The molecule has 0 aliphatic rings. The maximum absolute atomic E-state index is 13.9. The van der Waals surface area contributed by atoms with Gasteiger partial charge in [0, 0.05) is 18.2 Å². The standard InChI is InChI=1S/C21H21FN2O7/c1-2-30-17(10-11-18(26)24-29)19(14-8-9-16(25)15(22)12-14)31-21(28)23-20(27)13-6-4-3-5-7-13/h3-12,17,19,25,29H,2H2,1H3,(H,24,26)(H,23,27,28)/b11-10+/t17-,19-/m0/s1. The average molecular weight is 432 g/mol. The van der Waals surface area contributed by atoms with E-state index in [-0.39, 0.29) is 17.7 Å². The second-order valence-corrected chi connectivity index (χ2v) is 6.11. The number of benzene rings is 2. The molecule has 0 unspecified atom stereocenters. The van der Waals surface area contributed by atoms with Gasteiger partial charge in [0.25, 0.3) is 11.8 Å². The van der Waals surface area contributed by atoms with E-state index < -0.39 is 41.7 Å². The molecule has 0 spiro atoms. The zero-order valence-electron chi connectivity index (χ0n) is 16.4. The predicted octanol–water partition coefficient (Wildman–Crippen LogP) is 2.61. The summed E-state index contributed by atoms with van der Waals surface area (Å²) in [4.78, 5) is 35.9. The molecule has 4 N–H and O–H groups in total. The minimum absolute atomic E-state index is 0.0881. The SMILES string of the molecule is CCO[C@@H](/C=C/C(=O)NO)[C@@H](OC(=O)NC(=O)c1ccccc1)c1ccc(O)c(F)c1. The van der Waals surface area contributed by atoms with Crippen molar-refractivity contribution in [3.63, 3.8) is 0 Å². The molecule has 2 aromatic rings. The number of hydrogen-bond donors (Lipinski definition) is 4. The van der Waals surface area contributed by atoms with Gasteiger partial charge in [0.15, 0.2) is 17.7 Å². The lowest BCUT2D eigenvalue weighted by Gasteiger charge is -2.25. The molecular weight excluding hydrogens is 411 g/mol. The highest BCUT2D eigenvalue weighted by atomic mass is 19.1. The second kappa shape index (κ2) is 11.4. The molecule has 0 heterocycles. The van der Waals surface area contributed by atoms with Crippen molar-refractivity contribution >= 4 is 17.9 Å². The minimum atomic E-state index is -1.30. The number of phenols is 1. The fourth-order valence-corrected chi connectivity index (χ4v) is 2.58. The molecule has 2 rings (SSSR count). The molecule has 0 saturated heterocycles. The quantitative estimate of drug-likeness (QED) is 0.286. The summed E-state index contributed by atoms with van der Waals surface area (Å²) in [5.41, 5.74) is 1.71. The van der Waals surface area contributed by atoms with E-state index in [0.717, 1.165) is 18.2 Å². The van der Waals surface area contributed by atoms with Crippen molar-refractivity contribution in [2.24, 2.45) is 0 Å². The summed E-state index contributed by atoms with van der Waals surface area (Å²) in [6.07, 6.45) is -1.42. The van der Waals surface area contributed by atoms with Crippen LogP contribution in [0, 0.1) is 5.82 Å². The van der Waals surface area contributed by atoms with Crippen molar-refractivity contribution in [3.05, 3.63) is 77.6 Å². The Morgan fingerprint density at radius 2 is 1.87 bits per heavy atom. The summed E-state index contributed by atoms with van der Waals surface area (Å²) in [5.74, 6) is -3.18. The van der Waals surface area contributed by atoms with Crippen LogP contribution in [0.25, 0.3) is 0 Å². The number of phenolic OH excluding ortho intramolecular Hbond substituents is 1. The zero-order chi connectivity index (χ0) is 22.8. The maximum Gasteiger partial charge on any atom is 0.414 e. The molecule has 0 bridgehead atoms. The lowest BCUT2D eigenvalue weighted by Crippen LogP contribution is -2.35. The van der Waals surface area contributed by atoms with Crippen LogP contribution in [0.15, 0.2) is 60.7 Å². The fourth-order valence-electron chi connectivity index (χ4n) is 2.58. The Kier molecular flexibility index (Phi) is 8.67. The molecule has 164 valence electrons. The van der Waals surface area contributed by atoms with Crippen molar-refractivity contribution < 1.29 is 38.6 Å². The molecule has 9 nitrogen and oxygen atoms in total. The fraction of sp³-hybridized carbons (Fsp3) is 0.190. The third-order valence-corrected chi connectivity index (χ3v) is 3.99. The maximum atomic E-state index is 13.9. The highest BCUT2D eigenvalue weighted by Crippen LogP contribution is 2.28. The summed E-state index contributed by atoms with van der Waals surface area (Å²) < 4.78 is 24.7. The molecule has 10 heteroatoms. The van der Waals surface area contributed by atoms with Crippen LogP contribution in [-0.4, -0.2) is 40.9 Å². The Labute approximate surface area is 177 Å². The van der Waals surface area contributed by atoms with E-state index in [1.807, 2.05) is 0 Å². The van der Waals surface area contributed by atoms with Gasteiger partial charge in [-0.2, -0.15) is 0 Å². The summed E-state index contributed by atoms with van der Waals surface area (Å²) in [5, 5.41) is 20.1. The van der Waals surface area contributed by atoms with Gasteiger partial charge in [-0.1, -0.05) is 24.3 Å². The molecule has 0 aliphatic carbocycles. The number of ether oxygens (including phenoxy) is 2. The number of carbonyl (C=O) groups is 3. The molecule has 0 aromatic heterocycles. The van der Waals surface area contributed by atoms with E-state index in [4.69, 9.17) is 14.7 Å². The van der Waals surface area contributed by atoms with Crippen molar-refractivity contribution in [1.29, 1.82) is 0 Å². The van der Waals surface area contributed by atoms with Gasteiger partial charge in [-0.3, -0.25) is 20.1 Å². The van der Waals surface area contributed by atoms with Crippen molar-refractivity contribution in [1.82, 2.24) is 10.8 Å². The number of nitrogens with one attached hydrogen (secondary N) is 2. The first-order valence-corrected chi connectivity index (χ1v) is 9.15. The van der Waals surface area contributed by atoms with Crippen molar-refractivity contribution in [2.75, 3.05) is 6.61 Å². The minimum Gasteiger partial charge on any atom is -0.505 e. The van der Waals surface area contributed by atoms with Crippen LogP contribution in [0.4, 0.5) is 9.18 Å². The molecule has 3 amide bonds. The van der Waals surface area contributed by atoms with Crippen LogP contribution in [0.3, 0.4) is 0 Å². The molecule has 31 heavy (non-hydrogen) atoms. The van der Waals surface area contributed by atoms with Crippen molar-refractivity contribution in [2.45, 2.75) is 19.1 Å². The van der Waals surface area contributed by atoms with Gasteiger partial charge in [-0.15, -0.1) is 0 Å². The first kappa shape index (κ1) is 23.5. The number of hydrogen-bond acceptors (Lipinski definition) is 7. The molecule has 0 radical (unpaired) electrons. The third-order valence-electron chi connectivity index (χ3n) is 3.99. The Morgan fingerprint density at radius 3 is 2.48 bits per heavy atom. The second-order valence-electron chi connectivity index (χ2n) is 6.11. The van der Waals surface area contributed by atoms with E-state index in [1.54, 1.807) is 25.1 Å². The van der Waals surface area contributed by atoms with Gasteiger partial charge in [-0.25, -0.2) is 14.7 Å². The molecule has 0 saturated carbocycles. The number of imide groups is 1. The molecular formula is C21H21FN2O7. The number of halogens is 1. The van der Waals surface area contributed by atoms with Crippen LogP contribution < -0.4 is 10.8 Å². The van der Waals surface area contributed by atoms with Crippen LogP contribution in [0.2, 0.25) is 0 Å². The number of aromatic hydroxyl groups is 1. The summed E-state index contributed by atoms with van der Waals surface area (Å²) in [7, 11) is 0. The molecule has 0 fully saturated rings. The van der Waals surface area contributed by atoms with E-state index in [9.17, 15) is 23.9 Å². The zero-order valence-corrected chi connectivity index (χ0v) is 16.4. The Morgan fingerprint density at radius 1 is 1.16 bits per heavy atom. The van der Waals surface area contributed by atoms with E-state index in [0.29, 0.717) is 0 Å². The number of alkyl carbamates (subject to hydrolysis) is 1. The van der Waals surface area contributed by atoms with Crippen LogP contribution in [0.1, 0.15) is 28.9 Å². The summed E-state index contributed by atoms with van der Waals surface area (Å²) in [6, 6.07) is 11.2. The first-order chi connectivity index (χ1) is 14.8. The number of rotatable bonds is 8. The van der Waals surface area contributed by atoms with Gasteiger partial charge in [0.05, 0.1) is 0 Å². The van der Waals surface area contributed by atoms with Gasteiger partial charge in [0.2, 0.25) is 0 Å². The Balaban J connectivity index is 2.30. The topological polar surface area (TPSA) is 134 Å². The highest BCUT2D eigenvalue weighted by Gasteiger charge is 2.28. The summed E-state index contributed by atoms with van der Waals surface area (Å²) in [6.45, 7) is 1.77. The molecule has 0 aliphatic heterocycles. The first-order valence-electron chi connectivity index (χ1n) is 9.15. The van der Waals surface area contributed by atoms with Gasteiger partial charge in [0.1, 0.15) is 6.10 Å². The summed E-state index contributed by atoms with van der Waals surface area (Å²) >= 11 is 0. The highest BCUT2D eigenvalue weighted by molar-refractivity contribution is 6.02. The smallest absolute Gasteiger partial charge is 0.414 e. The average Bonchev–Trinajstić information content (AvgIpc) is 2.77. The molecule has 2 atom stereocenters. The predicted molar refractivity (Wildman–Crippen MR) is 106 cm³/mol. The monoisotopic (exact) mass is 432 g/mol. The normalized spacial score (nSPS) is 12.7. The Bertz CT molecular complexity index is 950. The number of carbonyl (C=O) groups excluding carboxylic acids is 3. The third kappa shape index (κ3) is 6.91. The van der Waals surface area contributed by atoms with Gasteiger partial charge in [-0.05, 0) is 42.8 Å². The van der Waals surface area contributed by atoms with Crippen LogP contribution in [0.5, 0.6) is 5.75 Å². The van der Waals surface area contributed by atoms with Crippen LogP contribution >= 0.6 is 0 Å². The molecule has 2 aromatic carbocycles. The van der Waals surface area contributed by atoms with Crippen LogP contribution in [-0.2, 0) is 14.3 Å². The number of hydroxylamine groups is 1. The van der Waals surface area contributed by atoms with E-state index in [1.165, 1.54) is 29.8 Å². The largest absolute Gasteiger partial charge is 0.505 e. The Hall–Kier alpha value is -3.76.